The first-order valence-electron chi connectivity index (χ1n) is 4.62. The number of hydrogen-bond donors (Lipinski definition) is 2. The summed E-state index contributed by atoms with van der Waals surface area (Å²) in [6.45, 7) is 3.02. The highest BCUT2D eigenvalue weighted by atomic mass is 19.3. The molecule has 0 aromatic heterocycles. The first-order chi connectivity index (χ1) is 6.28. The lowest BCUT2D eigenvalue weighted by Gasteiger charge is -2.22. The van der Waals surface area contributed by atoms with Crippen LogP contribution >= 0.6 is 0 Å². The van der Waals surface area contributed by atoms with Gasteiger partial charge in [0.15, 0.2) is 0 Å². The van der Waals surface area contributed by atoms with Crippen molar-refractivity contribution in [3.63, 3.8) is 0 Å². The lowest BCUT2D eigenvalue weighted by molar-refractivity contribution is -0.164. The van der Waals surface area contributed by atoms with E-state index in [2.05, 4.69) is 5.32 Å². The van der Waals surface area contributed by atoms with Crippen molar-refractivity contribution in [2.45, 2.75) is 38.7 Å². The fourth-order valence-electron chi connectivity index (χ4n) is 1.23. The van der Waals surface area contributed by atoms with E-state index in [1.54, 1.807) is 0 Å². The van der Waals surface area contributed by atoms with Gasteiger partial charge < -0.3 is 10.4 Å². The van der Waals surface area contributed by atoms with Crippen molar-refractivity contribution in [1.82, 2.24) is 5.32 Å². The number of halogens is 2. The number of carboxylic acid groups (broad SMARTS) is 1. The first kappa shape index (κ1) is 11.4. The third-order valence-electron chi connectivity index (χ3n) is 3.03. The van der Waals surface area contributed by atoms with Crippen LogP contribution in [0.15, 0.2) is 0 Å². The van der Waals surface area contributed by atoms with E-state index in [-0.39, 0.29) is 11.5 Å². The molecule has 0 spiro atoms. The minimum absolute atomic E-state index is 0.0623. The molecule has 0 saturated heterocycles. The van der Waals surface area contributed by atoms with Gasteiger partial charge in [0, 0.05) is 6.04 Å². The number of alkyl halides is 2. The van der Waals surface area contributed by atoms with Crippen LogP contribution in [0.1, 0.15) is 26.7 Å². The van der Waals surface area contributed by atoms with E-state index < -0.39 is 18.4 Å². The summed E-state index contributed by atoms with van der Waals surface area (Å²) in [5, 5.41) is 10.8. The Balaban J connectivity index is 2.36. The van der Waals surface area contributed by atoms with Crippen molar-refractivity contribution < 1.29 is 18.7 Å². The minimum atomic E-state index is -3.67. The molecule has 3 nitrogen and oxygen atoms in total. The molecule has 14 heavy (non-hydrogen) atoms. The molecule has 0 heterocycles. The molecule has 0 bridgehead atoms. The van der Waals surface area contributed by atoms with Crippen molar-refractivity contribution in [1.29, 1.82) is 0 Å². The van der Waals surface area contributed by atoms with Crippen LogP contribution in [0.2, 0.25) is 0 Å². The van der Waals surface area contributed by atoms with Gasteiger partial charge in [-0.05, 0) is 25.2 Å². The predicted octanol–water partition coefficient (Wildman–Crippen LogP) is 1.48. The van der Waals surface area contributed by atoms with Gasteiger partial charge in [-0.2, -0.15) is 8.78 Å². The second-order valence-electron chi connectivity index (χ2n) is 4.27. The van der Waals surface area contributed by atoms with Crippen LogP contribution < -0.4 is 5.32 Å². The maximum atomic E-state index is 12.7. The van der Waals surface area contributed by atoms with E-state index in [0.29, 0.717) is 0 Å². The Morgan fingerprint density at radius 3 is 2.50 bits per heavy atom. The molecular weight excluding hydrogens is 192 g/mol. The van der Waals surface area contributed by atoms with Crippen LogP contribution in [0.4, 0.5) is 8.78 Å². The van der Waals surface area contributed by atoms with E-state index in [1.807, 2.05) is 13.8 Å². The highest BCUT2D eigenvalue weighted by Crippen LogP contribution is 2.47. The van der Waals surface area contributed by atoms with Crippen LogP contribution in [0, 0.1) is 5.41 Å². The van der Waals surface area contributed by atoms with Gasteiger partial charge in [-0.3, -0.25) is 0 Å². The second kappa shape index (κ2) is 3.46. The molecule has 2 N–H and O–H groups in total. The molecule has 1 atom stereocenters. The summed E-state index contributed by atoms with van der Waals surface area (Å²) in [5.41, 5.74) is 0.0780. The van der Waals surface area contributed by atoms with Gasteiger partial charge in [0.2, 0.25) is 0 Å². The first-order valence-corrected chi connectivity index (χ1v) is 4.62. The molecule has 1 rings (SSSR count). The van der Waals surface area contributed by atoms with E-state index >= 15 is 0 Å². The molecule has 1 fully saturated rings. The summed E-state index contributed by atoms with van der Waals surface area (Å²) in [6.07, 6.45) is 2.03. The van der Waals surface area contributed by atoms with Gasteiger partial charge in [0.1, 0.15) is 0 Å². The summed E-state index contributed by atoms with van der Waals surface area (Å²) in [7, 11) is 0. The molecule has 1 aliphatic rings. The lowest BCUT2D eigenvalue weighted by atomic mass is 10.0. The van der Waals surface area contributed by atoms with Gasteiger partial charge in [-0.15, -0.1) is 0 Å². The molecule has 0 aromatic rings. The Hall–Kier alpha value is -0.710. The fourth-order valence-corrected chi connectivity index (χ4v) is 1.23. The average molecular weight is 207 g/mol. The third kappa shape index (κ3) is 2.41. The lowest BCUT2D eigenvalue weighted by Crippen LogP contribution is -2.45. The molecule has 82 valence electrons. The summed E-state index contributed by atoms with van der Waals surface area (Å²) in [6, 6.07) is -0.0623. The normalized spacial score (nSPS) is 21.7. The molecular formula is C9H15F2NO2. The Kier molecular flexibility index (Phi) is 2.81. The summed E-state index contributed by atoms with van der Waals surface area (Å²) in [5.74, 6) is -5.74. The number of nitrogens with one attached hydrogen (secondary N) is 1. The van der Waals surface area contributed by atoms with Crippen molar-refractivity contribution in [2.75, 3.05) is 6.54 Å². The number of carboxylic acids is 1. The number of aliphatic carboxylic acids is 1. The smallest absolute Gasteiger partial charge is 0.375 e. The number of carbonyl (C=O) groups is 1. The molecule has 1 unspecified atom stereocenters. The van der Waals surface area contributed by atoms with Crippen LogP contribution in [0.3, 0.4) is 0 Å². The van der Waals surface area contributed by atoms with E-state index in [1.165, 1.54) is 0 Å². The van der Waals surface area contributed by atoms with Crippen molar-refractivity contribution >= 4 is 5.97 Å². The number of hydrogen-bond acceptors (Lipinski definition) is 2. The Morgan fingerprint density at radius 1 is 1.64 bits per heavy atom. The largest absolute Gasteiger partial charge is 0.477 e. The van der Waals surface area contributed by atoms with Gasteiger partial charge in [-0.1, -0.05) is 6.92 Å². The maximum Gasteiger partial charge on any atom is 0.375 e. The molecule has 1 saturated carbocycles. The molecule has 0 amide bonds. The average Bonchev–Trinajstić information content (AvgIpc) is 2.80. The maximum absolute atomic E-state index is 12.7. The Labute approximate surface area is 81.5 Å². The molecule has 0 radical (unpaired) electrons. The second-order valence-corrected chi connectivity index (χ2v) is 4.27. The van der Waals surface area contributed by atoms with Crippen LogP contribution in [0.5, 0.6) is 0 Å². The van der Waals surface area contributed by atoms with Crippen molar-refractivity contribution in [3.05, 3.63) is 0 Å². The van der Waals surface area contributed by atoms with Crippen molar-refractivity contribution in [3.8, 4) is 0 Å². The molecule has 0 aromatic carbocycles. The van der Waals surface area contributed by atoms with Crippen LogP contribution in [-0.4, -0.2) is 29.6 Å². The van der Waals surface area contributed by atoms with E-state index in [4.69, 9.17) is 5.11 Å². The highest BCUT2D eigenvalue weighted by molar-refractivity contribution is 5.75. The summed E-state index contributed by atoms with van der Waals surface area (Å²) < 4.78 is 25.3. The van der Waals surface area contributed by atoms with E-state index in [9.17, 15) is 13.6 Å². The quantitative estimate of drug-likeness (QED) is 0.718. The monoisotopic (exact) mass is 207 g/mol. The SMILES string of the molecule is CC(NCC(F)(F)C(=O)O)C1(C)CC1. The predicted molar refractivity (Wildman–Crippen MR) is 47.4 cm³/mol. The van der Waals surface area contributed by atoms with Crippen LogP contribution in [0.25, 0.3) is 0 Å². The Bertz CT molecular complexity index is 239. The fraction of sp³-hybridized carbons (Fsp3) is 0.889. The highest BCUT2D eigenvalue weighted by Gasteiger charge is 2.45. The number of rotatable bonds is 5. The Morgan fingerprint density at radius 2 is 2.14 bits per heavy atom. The molecule has 5 heteroatoms. The van der Waals surface area contributed by atoms with Gasteiger partial charge >= 0.3 is 11.9 Å². The van der Waals surface area contributed by atoms with Gasteiger partial charge in [-0.25, -0.2) is 4.79 Å². The topological polar surface area (TPSA) is 49.3 Å². The van der Waals surface area contributed by atoms with Gasteiger partial charge in [0.25, 0.3) is 0 Å². The molecule has 1 aliphatic carbocycles. The zero-order chi connectivity index (χ0) is 11.0. The van der Waals surface area contributed by atoms with Gasteiger partial charge in [0.05, 0.1) is 6.54 Å². The van der Waals surface area contributed by atoms with Crippen molar-refractivity contribution in [2.24, 2.45) is 5.41 Å². The summed E-state index contributed by atoms with van der Waals surface area (Å²) in [4.78, 5) is 10.1. The zero-order valence-electron chi connectivity index (χ0n) is 8.31. The van der Waals surface area contributed by atoms with Crippen LogP contribution in [-0.2, 0) is 4.79 Å². The minimum Gasteiger partial charge on any atom is -0.477 e. The molecule has 0 aliphatic heterocycles. The zero-order valence-corrected chi connectivity index (χ0v) is 8.31. The standard InChI is InChI=1S/C9H15F2NO2/c1-6(8(2)3-4-8)12-5-9(10,11)7(13)14/h6,12H,3-5H2,1-2H3,(H,13,14). The summed E-state index contributed by atoms with van der Waals surface area (Å²) >= 11 is 0. The third-order valence-corrected chi connectivity index (χ3v) is 3.03. The van der Waals surface area contributed by atoms with E-state index in [0.717, 1.165) is 12.8 Å².